The molecule has 0 unspecified atom stereocenters. The summed E-state index contributed by atoms with van der Waals surface area (Å²) in [5.41, 5.74) is 6.41. The lowest BCUT2D eigenvalue weighted by molar-refractivity contribution is 0.869. The molecule has 0 aromatic heterocycles. The lowest BCUT2D eigenvalue weighted by Gasteiger charge is -1.86. The second-order valence-electron chi connectivity index (χ2n) is 2.38. The van der Waals surface area contributed by atoms with Crippen LogP contribution in [0.25, 0.3) is 0 Å². The average molecular weight is 137 g/mol. The molecule has 0 fully saturated rings. The Morgan fingerprint density at radius 1 is 1.50 bits per heavy atom. The first-order valence-corrected chi connectivity index (χ1v) is 3.57. The van der Waals surface area contributed by atoms with Crippen molar-refractivity contribution in [2.75, 3.05) is 6.54 Å². The molecule has 1 heteroatoms. The first-order valence-electron chi connectivity index (χ1n) is 3.57. The first kappa shape index (κ1) is 9.26. The molecule has 56 valence electrons. The van der Waals surface area contributed by atoms with E-state index in [0.717, 1.165) is 31.4 Å². The van der Waals surface area contributed by atoms with Crippen molar-refractivity contribution in [3.8, 4) is 11.8 Å². The Bertz CT molecular complexity index is 148. The van der Waals surface area contributed by atoms with Crippen LogP contribution >= 0.6 is 0 Å². The molecular formula is C9H15N. The molecule has 0 aromatic carbocycles. The molecule has 0 atom stereocenters. The number of hydrogen-bond donors (Lipinski definition) is 1. The van der Waals surface area contributed by atoms with Crippen molar-refractivity contribution in [1.82, 2.24) is 0 Å². The summed E-state index contributed by atoms with van der Waals surface area (Å²) in [6.07, 6.45) is 2.75. The molecule has 0 aliphatic carbocycles. The molecule has 1 nitrogen and oxygen atoms in total. The Balaban J connectivity index is 3.23. The molecule has 0 saturated heterocycles. The lowest BCUT2D eigenvalue weighted by atomic mass is 10.2. The number of nitrogens with two attached hydrogens (primary N) is 1. The van der Waals surface area contributed by atoms with Crippen LogP contribution in [-0.2, 0) is 0 Å². The van der Waals surface area contributed by atoms with E-state index < -0.39 is 0 Å². The van der Waals surface area contributed by atoms with Crippen LogP contribution in [0.3, 0.4) is 0 Å². The fourth-order valence-corrected chi connectivity index (χ4v) is 0.492. The number of allylic oxidation sites excluding steroid dienone is 1. The van der Waals surface area contributed by atoms with Crippen LogP contribution in [0.1, 0.15) is 26.2 Å². The van der Waals surface area contributed by atoms with Crippen molar-refractivity contribution in [2.45, 2.75) is 26.2 Å². The van der Waals surface area contributed by atoms with E-state index in [2.05, 4.69) is 18.4 Å². The van der Waals surface area contributed by atoms with E-state index in [-0.39, 0.29) is 0 Å². The molecule has 0 rings (SSSR count). The Kier molecular flexibility index (Phi) is 5.91. The highest BCUT2D eigenvalue weighted by atomic mass is 14.5. The van der Waals surface area contributed by atoms with E-state index >= 15 is 0 Å². The summed E-state index contributed by atoms with van der Waals surface area (Å²) in [6, 6.07) is 0. The van der Waals surface area contributed by atoms with Crippen LogP contribution in [0, 0.1) is 11.8 Å². The molecule has 10 heavy (non-hydrogen) atoms. The van der Waals surface area contributed by atoms with Gasteiger partial charge in [-0.25, -0.2) is 0 Å². The summed E-state index contributed by atoms with van der Waals surface area (Å²) in [7, 11) is 0. The van der Waals surface area contributed by atoms with Gasteiger partial charge in [0.15, 0.2) is 0 Å². The van der Waals surface area contributed by atoms with E-state index in [1.807, 2.05) is 6.92 Å². The van der Waals surface area contributed by atoms with Gasteiger partial charge in [-0.05, 0) is 19.9 Å². The highest BCUT2D eigenvalue weighted by Crippen LogP contribution is 1.92. The normalized spacial score (nSPS) is 8.20. The van der Waals surface area contributed by atoms with Crippen molar-refractivity contribution in [2.24, 2.45) is 5.73 Å². The van der Waals surface area contributed by atoms with Gasteiger partial charge in [0.2, 0.25) is 0 Å². The Hall–Kier alpha value is -0.740. The fraction of sp³-hybridized carbons (Fsp3) is 0.556. The van der Waals surface area contributed by atoms with E-state index in [4.69, 9.17) is 5.73 Å². The predicted molar refractivity (Wildman–Crippen MR) is 45.5 cm³/mol. The largest absolute Gasteiger partial charge is 0.330 e. The minimum atomic E-state index is 0.738. The zero-order chi connectivity index (χ0) is 7.82. The van der Waals surface area contributed by atoms with Crippen LogP contribution < -0.4 is 5.73 Å². The fourth-order valence-electron chi connectivity index (χ4n) is 0.492. The van der Waals surface area contributed by atoms with Gasteiger partial charge in [-0.15, -0.1) is 5.92 Å². The summed E-state index contributed by atoms with van der Waals surface area (Å²) in [5.74, 6) is 6.04. The van der Waals surface area contributed by atoms with Gasteiger partial charge in [-0.1, -0.05) is 18.1 Å². The monoisotopic (exact) mass is 137 g/mol. The minimum Gasteiger partial charge on any atom is -0.330 e. The third-order valence-corrected chi connectivity index (χ3v) is 1.02. The van der Waals surface area contributed by atoms with Gasteiger partial charge in [0, 0.05) is 12.8 Å². The summed E-state index contributed by atoms with van der Waals surface area (Å²) in [5, 5.41) is 0. The maximum Gasteiger partial charge on any atom is 0.0293 e. The summed E-state index contributed by atoms with van der Waals surface area (Å²) < 4.78 is 0. The van der Waals surface area contributed by atoms with Gasteiger partial charge < -0.3 is 5.73 Å². The van der Waals surface area contributed by atoms with Gasteiger partial charge in [0.05, 0.1) is 0 Å². The Morgan fingerprint density at radius 2 is 2.20 bits per heavy atom. The van der Waals surface area contributed by atoms with Gasteiger partial charge in [0.25, 0.3) is 0 Å². The maximum absolute atomic E-state index is 5.29. The standard InChI is InChI=1S/C9H15N/c1-9(2)7-5-3-4-6-8-10/h1,4,6-8,10H2,2H3. The van der Waals surface area contributed by atoms with Gasteiger partial charge in [-0.3, -0.25) is 0 Å². The summed E-state index contributed by atoms with van der Waals surface area (Å²) in [4.78, 5) is 0. The highest BCUT2D eigenvalue weighted by molar-refractivity contribution is 5.08. The maximum atomic E-state index is 5.29. The van der Waals surface area contributed by atoms with Gasteiger partial charge in [0.1, 0.15) is 0 Å². The average Bonchev–Trinajstić information content (AvgIpc) is 1.87. The van der Waals surface area contributed by atoms with Crippen LogP contribution in [0.5, 0.6) is 0 Å². The smallest absolute Gasteiger partial charge is 0.0293 e. The molecule has 0 bridgehead atoms. The zero-order valence-corrected chi connectivity index (χ0v) is 6.61. The van der Waals surface area contributed by atoms with E-state index in [1.54, 1.807) is 0 Å². The Labute approximate surface area is 63.3 Å². The molecule has 0 amide bonds. The van der Waals surface area contributed by atoms with Crippen molar-refractivity contribution in [1.29, 1.82) is 0 Å². The summed E-state index contributed by atoms with van der Waals surface area (Å²) in [6.45, 7) is 6.47. The summed E-state index contributed by atoms with van der Waals surface area (Å²) >= 11 is 0. The predicted octanol–water partition coefficient (Wildman–Crippen LogP) is 1.69. The number of rotatable bonds is 3. The van der Waals surface area contributed by atoms with Gasteiger partial charge in [-0.2, -0.15) is 0 Å². The molecule has 0 radical (unpaired) electrons. The lowest BCUT2D eigenvalue weighted by Crippen LogP contribution is -1.96. The zero-order valence-electron chi connectivity index (χ0n) is 6.61. The molecule has 2 N–H and O–H groups in total. The SMILES string of the molecule is C=C(C)CC#CCCCN. The van der Waals surface area contributed by atoms with Crippen molar-refractivity contribution >= 4 is 0 Å². The van der Waals surface area contributed by atoms with Crippen molar-refractivity contribution in [3.63, 3.8) is 0 Å². The molecule has 0 aliphatic rings. The molecule has 0 saturated carbocycles. The van der Waals surface area contributed by atoms with Crippen molar-refractivity contribution in [3.05, 3.63) is 12.2 Å². The van der Waals surface area contributed by atoms with Crippen LogP contribution in [0.4, 0.5) is 0 Å². The third-order valence-electron chi connectivity index (χ3n) is 1.02. The van der Waals surface area contributed by atoms with Crippen LogP contribution in [0.15, 0.2) is 12.2 Å². The first-order chi connectivity index (χ1) is 4.77. The van der Waals surface area contributed by atoms with E-state index in [0.29, 0.717) is 0 Å². The molecule has 0 aliphatic heterocycles. The third kappa shape index (κ3) is 7.26. The molecule has 0 heterocycles. The molecule has 0 aromatic rings. The topological polar surface area (TPSA) is 26.0 Å². The second kappa shape index (κ2) is 6.38. The molecular weight excluding hydrogens is 122 g/mol. The van der Waals surface area contributed by atoms with Gasteiger partial charge >= 0.3 is 0 Å². The van der Waals surface area contributed by atoms with Crippen LogP contribution in [0.2, 0.25) is 0 Å². The van der Waals surface area contributed by atoms with E-state index in [9.17, 15) is 0 Å². The number of unbranched alkanes of at least 4 members (excludes halogenated alkanes) is 1. The quantitative estimate of drug-likeness (QED) is 0.357. The Morgan fingerprint density at radius 3 is 2.70 bits per heavy atom. The van der Waals surface area contributed by atoms with Crippen LogP contribution in [-0.4, -0.2) is 6.54 Å². The van der Waals surface area contributed by atoms with Crippen molar-refractivity contribution < 1.29 is 0 Å². The van der Waals surface area contributed by atoms with E-state index in [1.165, 1.54) is 0 Å². The second-order valence-corrected chi connectivity index (χ2v) is 2.38. The highest BCUT2D eigenvalue weighted by Gasteiger charge is 1.78. The minimum absolute atomic E-state index is 0.738. The number of hydrogen-bond acceptors (Lipinski definition) is 1. The molecule has 0 spiro atoms.